The maximum absolute atomic E-state index is 13.0. The predicted molar refractivity (Wildman–Crippen MR) is 103 cm³/mol. The summed E-state index contributed by atoms with van der Waals surface area (Å²) in [5.74, 6) is 0.0747. The van der Waals surface area contributed by atoms with Crippen molar-refractivity contribution < 1.29 is 13.6 Å². The second-order valence-electron chi connectivity index (χ2n) is 6.61. The monoisotopic (exact) mass is 390 g/mol. The molecule has 2 aliphatic rings. The smallest absolute Gasteiger partial charge is 0.249 e. The maximum Gasteiger partial charge on any atom is 0.249 e. The fourth-order valence-electron chi connectivity index (χ4n) is 3.87. The van der Waals surface area contributed by atoms with Gasteiger partial charge in [-0.1, -0.05) is 11.6 Å². The van der Waals surface area contributed by atoms with Crippen molar-refractivity contribution >= 4 is 40.0 Å². The van der Waals surface area contributed by atoms with Gasteiger partial charge in [0, 0.05) is 29.5 Å². The zero-order valence-corrected chi connectivity index (χ0v) is 15.7. The third-order valence-electron chi connectivity index (χ3n) is 5.10. The molecule has 0 aromatic heterocycles. The highest BCUT2D eigenvalue weighted by molar-refractivity contribution is 7.79. The van der Waals surface area contributed by atoms with Crippen molar-refractivity contribution in [2.75, 3.05) is 22.9 Å². The molecule has 2 aromatic rings. The molecule has 136 valence electrons. The topological polar surface area (TPSA) is 60.9 Å². The van der Waals surface area contributed by atoms with Crippen LogP contribution >= 0.6 is 11.6 Å². The lowest BCUT2D eigenvalue weighted by Gasteiger charge is -2.35. The van der Waals surface area contributed by atoms with Crippen LogP contribution in [0.3, 0.4) is 0 Å². The van der Waals surface area contributed by atoms with Crippen LogP contribution in [0.2, 0.25) is 5.02 Å². The Kier molecular flexibility index (Phi) is 4.73. The average Bonchev–Trinajstić information content (AvgIpc) is 3.02. The van der Waals surface area contributed by atoms with Gasteiger partial charge in [-0.2, -0.15) is 0 Å². The van der Waals surface area contributed by atoms with Crippen molar-refractivity contribution in [3.63, 3.8) is 0 Å². The Hall–Kier alpha value is -1.89. The van der Waals surface area contributed by atoms with Crippen LogP contribution in [-0.4, -0.2) is 33.8 Å². The number of amides is 1. The number of anilines is 2. The summed E-state index contributed by atoms with van der Waals surface area (Å²) in [5, 5.41) is 0.728. The molecule has 2 aromatic carbocycles. The van der Waals surface area contributed by atoms with E-state index in [1.807, 2.05) is 18.2 Å². The number of carbonyl (C=O) groups is 1. The van der Waals surface area contributed by atoms with Crippen LogP contribution in [0.1, 0.15) is 18.4 Å². The molecule has 0 saturated carbocycles. The lowest BCUT2D eigenvalue weighted by molar-refractivity contribution is -0.118. The highest BCUT2D eigenvalue weighted by Gasteiger charge is 2.38. The molecule has 1 fully saturated rings. The summed E-state index contributed by atoms with van der Waals surface area (Å²) in [4.78, 5) is 17.3. The molecule has 7 heteroatoms. The van der Waals surface area contributed by atoms with E-state index in [1.54, 1.807) is 29.2 Å². The molecule has 1 amide bonds. The van der Waals surface area contributed by atoms with E-state index in [9.17, 15) is 9.00 Å². The van der Waals surface area contributed by atoms with E-state index in [1.165, 1.54) is 5.56 Å². The number of nitrogens with zero attached hydrogens (tertiary/aromatic N) is 2. The number of hydrogen-bond acceptors (Lipinski definition) is 3. The van der Waals surface area contributed by atoms with Gasteiger partial charge in [0.2, 0.25) is 5.91 Å². The average molecular weight is 391 g/mol. The Morgan fingerprint density at radius 2 is 1.88 bits per heavy atom. The fraction of sp³-hybridized carbons (Fsp3) is 0.316. The Morgan fingerprint density at radius 1 is 1.12 bits per heavy atom. The number of halogens is 1. The van der Waals surface area contributed by atoms with Crippen LogP contribution in [0.25, 0.3) is 0 Å². The van der Waals surface area contributed by atoms with Crippen molar-refractivity contribution in [2.24, 2.45) is 0 Å². The molecular formula is C19H19ClN2O3S. The van der Waals surface area contributed by atoms with Gasteiger partial charge in [0.25, 0.3) is 0 Å². The summed E-state index contributed by atoms with van der Waals surface area (Å²) < 4.78 is 20.2. The van der Waals surface area contributed by atoms with Crippen molar-refractivity contribution in [1.29, 1.82) is 0 Å². The molecule has 2 atom stereocenters. The third-order valence-corrected chi connectivity index (χ3v) is 6.01. The first-order valence-corrected chi connectivity index (χ1v) is 10.1. The molecule has 0 spiro atoms. The van der Waals surface area contributed by atoms with Crippen molar-refractivity contribution in [2.45, 2.75) is 30.2 Å². The molecule has 4 rings (SSSR count). The number of fused-ring (bicyclic) bond motifs is 1. The Balaban J connectivity index is 1.58. The summed E-state index contributed by atoms with van der Waals surface area (Å²) >= 11 is 4.11. The molecule has 1 unspecified atom stereocenters. The minimum Gasteiger partial charge on any atom is -0.359 e. The fourth-order valence-corrected chi connectivity index (χ4v) is 4.44. The number of carbonyl (C=O) groups excluding carboxylic acids is 1. The Labute approximate surface area is 159 Å². The van der Waals surface area contributed by atoms with E-state index in [-0.39, 0.29) is 11.9 Å². The minimum absolute atomic E-state index is 0.0747. The predicted octanol–water partition coefficient (Wildman–Crippen LogP) is 3.48. The van der Waals surface area contributed by atoms with Crippen LogP contribution in [-0.2, 0) is 22.3 Å². The molecule has 26 heavy (non-hydrogen) atoms. The van der Waals surface area contributed by atoms with Crippen molar-refractivity contribution in [3.8, 4) is 0 Å². The number of benzene rings is 2. The maximum atomic E-state index is 13.0. The normalized spacial score (nSPS) is 21.0. The largest absolute Gasteiger partial charge is 0.359 e. The Morgan fingerprint density at radius 3 is 2.62 bits per heavy atom. The number of rotatable bonds is 3. The first-order valence-electron chi connectivity index (χ1n) is 8.62. The summed E-state index contributed by atoms with van der Waals surface area (Å²) in [5.41, 5.74) is 3.07. The van der Waals surface area contributed by atoms with Gasteiger partial charge in [0.15, 0.2) is 11.1 Å². The van der Waals surface area contributed by atoms with Gasteiger partial charge in [0.1, 0.15) is 6.04 Å². The SMILES string of the molecule is O=C1[C@@H](N2CCCc3cc(Cl)ccc32)CCN1c1ccc(S(=O)O)cc1. The van der Waals surface area contributed by atoms with Gasteiger partial charge in [-0.3, -0.25) is 4.79 Å². The molecule has 5 nitrogen and oxygen atoms in total. The van der Waals surface area contributed by atoms with E-state index >= 15 is 0 Å². The number of hydrogen-bond donors (Lipinski definition) is 1. The molecule has 1 N–H and O–H groups in total. The van der Waals surface area contributed by atoms with E-state index < -0.39 is 11.1 Å². The van der Waals surface area contributed by atoms with Crippen molar-refractivity contribution in [3.05, 3.63) is 53.1 Å². The second kappa shape index (κ2) is 7.02. The molecule has 1 saturated heterocycles. The quantitative estimate of drug-likeness (QED) is 0.815. The second-order valence-corrected chi connectivity index (χ2v) is 8.01. The lowest BCUT2D eigenvalue weighted by atomic mass is 9.99. The van der Waals surface area contributed by atoms with Gasteiger partial charge in [-0.05, 0) is 67.3 Å². The Bertz CT molecular complexity index is 872. The molecule has 2 heterocycles. The van der Waals surface area contributed by atoms with Crippen LogP contribution in [0.15, 0.2) is 47.4 Å². The summed E-state index contributed by atoms with van der Waals surface area (Å²) in [6, 6.07) is 12.3. The zero-order valence-electron chi connectivity index (χ0n) is 14.1. The number of aryl methyl sites for hydroxylation is 1. The molecule has 2 aliphatic heterocycles. The molecule has 0 radical (unpaired) electrons. The first-order chi connectivity index (χ1) is 12.5. The van der Waals surface area contributed by atoms with Crippen LogP contribution in [0.4, 0.5) is 11.4 Å². The summed E-state index contributed by atoms with van der Waals surface area (Å²) in [6.07, 6.45) is 2.75. The van der Waals surface area contributed by atoms with Gasteiger partial charge in [0.05, 0.1) is 4.90 Å². The zero-order chi connectivity index (χ0) is 18.3. The first kappa shape index (κ1) is 17.5. The molecule has 0 bridgehead atoms. The highest BCUT2D eigenvalue weighted by Crippen LogP contribution is 2.34. The van der Waals surface area contributed by atoms with E-state index in [0.29, 0.717) is 11.4 Å². The summed E-state index contributed by atoms with van der Waals surface area (Å²) in [7, 11) is 0. The highest BCUT2D eigenvalue weighted by atomic mass is 35.5. The standard InChI is InChI=1S/C19H19ClN2O3S/c20-14-3-8-17-13(12-14)2-1-10-22(17)18-9-11-21(19(18)23)15-4-6-16(7-5-15)26(24)25/h3-8,12,18H,1-2,9-11H2,(H,24,25)/t18-/m0/s1. The minimum atomic E-state index is -2.01. The van der Waals surface area contributed by atoms with Crippen LogP contribution < -0.4 is 9.80 Å². The van der Waals surface area contributed by atoms with E-state index in [4.69, 9.17) is 16.2 Å². The van der Waals surface area contributed by atoms with Gasteiger partial charge < -0.3 is 14.4 Å². The molecular weight excluding hydrogens is 372 g/mol. The van der Waals surface area contributed by atoms with E-state index in [2.05, 4.69) is 4.90 Å². The van der Waals surface area contributed by atoms with Gasteiger partial charge in [-0.15, -0.1) is 0 Å². The van der Waals surface area contributed by atoms with Gasteiger partial charge in [-0.25, -0.2) is 4.21 Å². The summed E-state index contributed by atoms with van der Waals surface area (Å²) in [6.45, 7) is 1.51. The molecule has 0 aliphatic carbocycles. The van der Waals surface area contributed by atoms with Gasteiger partial charge >= 0.3 is 0 Å². The van der Waals surface area contributed by atoms with Crippen LogP contribution in [0.5, 0.6) is 0 Å². The third kappa shape index (κ3) is 3.13. The van der Waals surface area contributed by atoms with Crippen LogP contribution in [0, 0.1) is 0 Å². The lowest BCUT2D eigenvalue weighted by Crippen LogP contribution is -2.44. The van der Waals surface area contributed by atoms with Crippen molar-refractivity contribution in [1.82, 2.24) is 0 Å². The van der Waals surface area contributed by atoms with E-state index in [0.717, 1.165) is 42.2 Å².